The summed E-state index contributed by atoms with van der Waals surface area (Å²) in [4.78, 5) is 41.2. The summed E-state index contributed by atoms with van der Waals surface area (Å²) in [7, 11) is 0. The van der Waals surface area contributed by atoms with Gasteiger partial charge in [0.15, 0.2) is 0 Å². The number of hydrogen-bond donors (Lipinski definition) is 0. The van der Waals surface area contributed by atoms with Gasteiger partial charge in [0, 0.05) is 37.6 Å². The summed E-state index contributed by atoms with van der Waals surface area (Å²) < 4.78 is 0. The second-order valence-corrected chi connectivity index (χ2v) is 5.09. The van der Waals surface area contributed by atoms with E-state index in [1.165, 1.54) is 0 Å². The van der Waals surface area contributed by atoms with Crippen molar-refractivity contribution in [3.8, 4) is 0 Å². The van der Waals surface area contributed by atoms with E-state index in [0.717, 1.165) is 38.5 Å². The quantitative estimate of drug-likeness (QED) is 0.282. The third kappa shape index (κ3) is 26.0. The van der Waals surface area contributed by atoms with Crippen LogP contribution in [0.15, 0.2) is 0 Å². The monoisotopic (exact) mass is 370 g/mol. The summed E-state index contributed by atoms with van der Waals surface area (Å²) in [6.07, 6.45) is 5.54. The maximum Gasteiger partial charge on any atom is 2.00 e. The average molecular weight is 370 g/mol. The molecule has 0 spiro atoms. The molecule has 0 aromatic heterocycles. The average Bonchev–Trinajstić information content (AvgIpc) is 2.38. The molecular weight excluding hydrogens is 344 g/mol. The summed E-state index contributed by atoms with van der Waals surface area (Å²) in [5.74, 6) is -2.99. The molecule has 0 fully saturated rings. The van der Waals surface area contributed by atoms with Crippen molar-refractivity contribution in [1.29, 1.82) is 0 Å². The summed E-state index contributed by atoms with van der Waals surface area (Å²) in [5, 5.41) is 19.8. The Kier molecular flexibility index (Phi) is 21.9. The van der Waals surface area contributed by atoms with Gasteiger partial charge in [0.2, 0.25) is 0 Å². The molecule has 23 heavy (non-hydrogen) atoms. The molecule has 0 aliphatic carbocycles. The summed E-state index contributed by atoms with van der Waals surface area (Å²) in [6, 6.07) is 0. The van der Waals surface area contributed by atoms with E-state index in [1.54, 1.807) is 0 Å². The van der Waals surface area contributed by atoms with E-state index in [-0.39, 0.29) is 28.6 Å². The van der Waals surface area contributed by atoms with E-state index < -0.39 is 24.8 Å². The van der Waals surface area contributed by atoms with Gasteiger partial charge in [-0.15, -0.1) is 0 Å². The second-order valence-electron chi connectivity index (χ2n) is 5.09. The van der Waals surface area contributed by atoms with Crippen LogP contribution in [0.3, 0.4) is 0 Å². The van der Waals surface area contributed by atoms with E-state index >= 15 is 0 Å². The molecule has 0 aliphatic rings. The normalized spacial score (nSPS) is 9.13. The van der Waals surface area contributed by atoms with Crippen molar-refractivity contribution in [1.82, 2.24) is 0 Å². The number of carbonyl (C=O) groups is 4. The topological polar surface area (TPSA) is 114 Å². The van der Waals surface area contributed by atoms with E-state index in [0.29, 0.717) is 12.8 Å². The second kappa shape index (κ2) is 18.8. The maximum absolute atomic E-state index is 10.7. The fourth-order valence-electron chi connectivity index (χ4n) is 1.64. The van der Waals surface area contributed by atoms with Gasteiger partial charge in [-0.1, -0.05) is 39.5 Å². The first-order valence-corrected chi connectivity index (χ1v) is 7.76. The third-order valence-corrected chi connectivity index (χ3v) is 2.80. The molecule has 134 valence electrons. The van der Waals surface area contributed by atoms with Crippen molar-refractivity contribution in [2.24, 2.45) is 0 Å². The minimum Gasteiger partial charge on any atom is -0.550 e. The SMILES string of the molecule is CCCCCC(=O)CC(=O)[O-].CCCCCC(=O)CC(=O)[O-].[Fe+2]. The van der Waals surface area contributed by atoms with Crippen LogP contribution in [0.1, 0.15) is 78.1 Å². The number of carboxylic acid groups (broad SMARTS) is 2. The van der Waals surface area contributed by atoms with Crippen molar-refractivity contribution >= 4 is 23.5 Å². The Morgan fingerprint density at radius 1 is 0.652 bits per heavy atom. The van der Waals surface area contributed by atoms with E-state index in [4.69, 9.17) is 0 Å². The van der Waals surface area contributed by atoms with E-state index in [1.807, 2.05) is 13.8 Å². The first kappa shape index (κ1) is 26.7. The van der Waals surface area contributed by atoms with Crippen LogP contribution >= 0.6 is 0 Å². The largest absolute Gasteiger partial charge is 2.00 e. The maximum atomic E-state index is 10.7. The number of Topliss-reactive ketones (excluding diaryl/α,β-unsaturated/α-hetero) is 2. The standard InChI is InChI=1S/2C8H14O3.Fe/c2*1-2-3-4-5-7(9)6-8(10)11;/h2*2-6H2,1H3,(H,10,11);/q;;+2/p-2. The number of carbonyl (C=O) groups excluding carboxylic acids is 4. The zero-order chi connectivity index (χ0) is 17.4. The van der Waals surface area contributed by atoms with E-state index in [2.05, 4.69) is 0 Å². The van der Waals surface area contributed by atoms with Gasteiger partial charge in [0.05, 0.1) is 0 Å². The minimum atomic E-state index is -1.27. The molecule has 0 radical (unpaired) electrons. The van der Waals surface area contributed by atoms with Crippen LogP contribution in [-0.2, 0) is 36.2 Å². The van der Waals surface area contributed by atoms with Crippen LogP contribution in [0.25, 0.3) is 0 Å². The molecule has 0 saturated carbocycles. The van der Waals surface area contributed by atoms with Crippen LogP contribution in [0, 0.1) is 0 Å². The molecule has 0 saturated heterocycles. The number of aliphatic carboxylic acids is 2. The minimum absolute atomic E-state index is 0. The number of ketones is 2. The summed E-state index contributed by atoms with van der Waals surface area (Å²) in [6.45, 7) is 4.06. The Labute approximate surface area is 148 Å². The molecule has 0 unspecified atom stereocenters. The Morgan fingerprint density at radius 3 is 1.17 bits per heavy atom. The van der Waals surface area contributed by atoms with Crippen LogP contribution in [0.2, 0.25) is 0 Å². The smallest absolute Gasteiger partial charge is 0.550 e. The molecule has 6 nitrogen and oxygen atoms in total. The Balaban J connectivity index is -0.000000333. The molecule has 0 aromatic carbocycles. The van der Waals surface area contributed by atoms with Gasteiger partial charge in [0.25, 0.3) is 0 Å². The number of rotatable bonds is 12. The fourth-order valence-corrected chi connectivity index (χ4v) is 1.64. The van der Waals surface area contributed by atoms with Gasteiger partial charge < -0.3 is 19.8 Å². The zero-order valence-electron chi connectivity index (χ0n) is 13.9. The van der Waals surface area contributed by atoms with Crippen LogP contribution in [0.4, 0.5) is 0 Å². The fraction of sp³-hybridized carbons (Fsp3) is 0.750. The van der Waals surface area contributed by atoms with Crippen molar-refractivity contribution in [3.05, 3.63) is 0 Å². The van der Waals surface area contributed by atoms with Gasteiger partial charge in [-0.3, -0.25) is 9.59 Å². The summed E-state index contributed by atoms with van der Waals surface area (Å²) >= 11 is 0. The molecule has 0 bridgehead atoms. The molecule has 0 atom stereocenters. The molecule has 0 rings (SSSR count). The Hall–Kier alpha value is -1.20. The molecule has 0 N–H and O–H groups in total. The molecule has 0 heterocycles. The van der Waals surface area contributed by atoms with Gasteiger partial charge in [0.1, 0.15) is 11.6 Å². The number of unbranched alkanes of at least 4 members (excludes halogenated alkanes) is 4. The molecule has 7 heteroatoms. The first-order valence-electron chi connectivity index (χ1n) is 7.76. The first-order chi connectivity index (χ1) is 10.3. The van der Waals surface area contributed by atoms with E-state index in [9.17, 15) is 29.4 Å². The van der Waals surface area contributed by atoms with Gasteiger partial charge in [-0.05, 0) is 12.8 Å². The molecule has 0 aromatic rings. The molecular formula is C16H26FeO6. The molecule has 0 amide bonds. The van der Waals surface area contributed by atoms with Gasteiger partial charge in [-0.2, -0.15) is 0 Å². The predicted octanol–water partition coefficient (Wildman–Crippen LogP) is 0.549. The predicted molar refractivity (Wildman–Crippen MR) is 77.5 cm³/mol. The van der Waals surface area contributed by atoms with Gasteiger partial charge in [-0.25, -0.2) is 0 Å². The van der Waals surface area contributed by atoms with Crippen molar-refractivity contribution in [2.75, 3.05) is 0 Å². The van der Waals surface area contributed by atoms with Gasteiger partial charge >= 0.3 is 17.1 Å². The van der Waals surface area contributed by atoms with Crippen molar-refractivity contribution < 1.29 is 46.5 Å². The number of carboxylic acids is 2. The van der Waals surface area contributed by atoms with Crippen molar-refractivity contribution in [3.63, 3.8) is 0 Å². The number of hydrogen-bond acceptors (Lipinski definition) is 6. The Morgan fingerprint density at radius 2 is 0.957 bits per heavy atom. The van der Waals surface area contributed by atoms with Crippen LogP contribution in [0.5, 0.6) is 0 Å². The van der Waals surface area contributed by atoms with Crippen LogP contribution in [-0.4, -0.2) is 23.5 Å². The third-order valence-electron chi connectivity index (χ3n) is 2.80. The Bertz CT molecular complexity index is 320. The zero-order valence-corrected chi connectivity index (χ0v) is 15.0. The van der Waals surface area contributed by atoms with Crippen molar-refractivity contribution in [2.45, 2.75) is 78.1 Å². The molecule has 0 aliphatic heterocycles. The van der Waals surface area contributed by atoms with Crippen LogP contribution < -0.4 is 10.2 Å². The summed E-state index contributed by atoms with van der Waals surface area (Å²) in [5.41, 5.74) is 0.